The van der Waals surface area contributed by atoms with Crippen LogP contribution in [0.1, 0.15) is 16.8 Å². The quantitative estimate of drug-likeness (QED) is 0.898. The summed E-state index contributed by atoms with van der Waals surface area (Å²) in [7, 11) is 0. The lowest BCUT2D eigenvalue weighted by molar-refractivity contribution is 0.0672. The van der Waals surface area contributed by atoms with Crippen molar-refractivity contribution in [3.05, 3.63) is 28.5 Å². The van der Waals surface area contributed by atoms with E-state index in [1.165, 1.54) is 11.1 Å². The average molecular weight is 303 g/mol. The fraction of sp³-hybridized carbons (Fsp3) is 0.455. The highest BCUT2D eigenvalue weighted by Gasteiger charge is 2.35. The number of aromatic nitrogens is 1. The third-order valence-electron chi connectivity index (χ3n) is 2.79. The smallest absolute Gasteiger partial charge is 0.255 e. The molecule has 0 radical (unpaired) electrons. The number of carbonyl (C=O) groups is 1. The summed E-state index contributed by atoms with van der Waals surface area (Å²) in [6, 6.07) is 1.20. The monoisotopic (exact) mass is 302 g/mol. The van der Waals surface area contributed by atoms with Gasteiger partial charge in [-0.2, -0.15) is 0 Å². The lowest BCUT2D eigenvalue weighted by atomic mass is 10.2. The van der Waals surface area contributed by atoms with Gasteiger partial charge in [0.1, 0.15) is 6.17 Å². The predicted octanol–water partition coefficient (Wildman–Crippen LogP) is 1.39. The topological polar surface area (TPSA) is 53.4 Å². The van der Waals surface area contributed by atoms with Gasteiger partial charge in [-0.3, -0.25) is 9.78 Å². The highest BCUT2D eigenvalue weighted by molar-refractivity contribution is 9.10. The third kappa shape index (κ3) is 2.63. The number of carbonyl (C=O) groups excluding carboxylic acids is 1. The molecule has 0 aromatic carbocycles. The second kappa shape index (κ2) is 5.10. The van der Waals surface area contributed by atoms with Crippen LogP contribution in [0.4, 0.5) is 4.39 Å². The Bertz CT molecular complexity index is 430. The number of alkyl halides is 1. The van der Waals surface area contributed by atoms with E-state index >= 15 is 0 Å². The molecule has 0 unspecified atom stereocenters. The van der Waals surface area contributed by atoms with Gasteiger partial charge in [0.2, 0.25) is 0 Å². The van der Waals surface area contributed by atoms with Gasteiger partial charge in [-0.05, 0) is 22.0 Å². The third-order valence-corrected chi connectivity index (χ3v) is 3.22. The van der Waals surface area contributed by atoms with Crippen molar-refractivity contribution in [2.75, 3.05) is 13.2 Å². The molecule has 1 amide bonds. The Balaban J connectivity index is 2.20. The summed E-state index contributed by atoms with van der Waals surface area (Å²) in [5, 5.41) is 9.12. The largest absolute Gasteiger partial charge is 0.394 e. The lowest BCUT2D eigenvalue weighted by Gasteiger charge is -2.22. The molecule has 2 rings (SSSR count). The summed E-state index contributed by atoms with van der Waals surface area (Å²) < 4.78 is 13.9. The first-order valence-electron chi connectivity index (χ1n) is 5.28. The van der Waals surface area contributed by atoms with Gasteiger partial charge in [-0.1, -0.05) is 0 Å². The van der Waals surface area contributed by atoms with E-state index in [2.05, 4.69) is 20.9 Å². The summed E-state index contributed by atoms with van der Waals surface area (Å²) in [5.74, 6) is -0.294. The van der Waals surface area contributed by atoms with Gasteiger partial charge in [0.15, 0.2) is 0 Å². The first-order chi connectivity index (χ1) is 8.11. The summed E-state index contributed by atoms with van der Waals surface area (Å²) in [5.41, 5.74) is 0.395. The van der Waals surface area contributed by atoms with Gasteiger partial charge in [0.25, 0.3) is 5.91 Å². The minimum absolute atomic E-state index is 0.0383. The van der Waals surface area contributed by atoms with Crippen molar-refractivity contribution in [3.8, 4) is 0 Å². The van der Waals surface area contributed by atoms with E-state index in [4.69, 9.17) is 5.11 Å². The van der Waals surface area contributed by atoms with Crippen molar-refractivity contribution in [2.24, 2.45) is 0 Å². The lowest BCUT2D eigenvalue weighted by Crippen LogP contribution is -2.37. The number of pyridine rings is 1. The van der Waals surface area contributed by atoms with Gasteiger partial charge in [0, 0.05) is 23.3 Å². The number of aliphatic hydroxyl groups is 1. The molecule has 1 fully saturated rings. The Hall–Kier alpha value is -1.01. The van der Waals surface area contributed by atoms with E-state index in [-0.39, 0.29) is 25.5 Å². The molecule has 1 aliphatic heterocycles. The van der Waals surface area contributed by atoms with Crippen molar-refractivity contribution >= 4 is 21.8 Å². The van der Waals surface area contributed by atoms with Crippen molar-refractivity contribution in [1.29, 1.82) is 0 Å². The molecule has 92 valence electrons. The molecule has 17 heavy (non-hydrogen) atoms. The van der Waals surface area contributed by atoms with Crippen LogP contribution in [0.5, 0.6) is 0 Å². The molecule has 2 heterocycles. The highest BCUT2D eigenvalue weighted by Crippen LogP contribution is 2.23. The van der Waals surface area contributed by atoms with Crippen LogP contribution in [0, 0.1) is 0 Å². The van der Waals surface area contributed by atoms with E-state index in [1.807, 2.05) is 0 Å². The second-order valence-corrected chi connectivity index (χ2v) is 4.93. The van der Waals surface area contributed by atoms with Crippen LogP contribution in [-0.2, 0) is 0 Å². The molecule has 1 N–H and O–H groups in total. The molecule has 1 aromatic rings. The Morgan fingerprint density at radius 2 is 2.41 bits per heavy atom. The number of amides is 1. The summed E-state index contributed by atoms with van der Waals surface area (Å²) in [6.45, 7) is -0.176. The van der Waals surface area contributed by atoms with Crippen LogP contribution in [0.2, 0.25) is 0 Å². The highest BCUT2D eigenvalue weighted by atomic mass is 79.9. The average Bonchev–Trinajstić information content (AvgIpc) is 2.69. The molecule has 0 saturated carbocycles. The zero-order valence-corrected chi connectivity index (χ0v) is 10.6. The van der Waals surface area contributed by atoms with Crippen LogP contribution in [-0.4, -0.2) is 46.3 Å². The number of hydrogen-bond acceptors (Lipinski definition) is 3. The van der Waals surface area contributed by atoms with Crippen molar-refractivity contribution < 1.29 is 14.3 Å². The van der Waals surface area contributed by atoms with E-state index in [9.17, 15) is 9.18 Å². The summed E-state index contributed by atoms with van der Waals surface area (Å²) in [4.78, 5) is 17.4. The van der Waals surface area contributed by atoms with E-state index < -0.39 is 12.2 Å². The molecule has 0 spiro atoms. The van der Waals surface area contributed by atoms with Crippen LogP contribution < -0.4 is 0 Å². The predicted molar refractivity (Wildman–Crippen MR) is 63.4 cm³/mol. The number of aliphatic hydroxyl groups excluding tert-OH is 1. The molecule has 1 aliphatic rings. The van der Waals surface area contributed by atoms with E-state index in [0.717, 1.165) is 0 Å². The fourth-order valence-electron chi connectivity index (χ4n) is 1.98. The SMILES string of the molecule is O=C(c1cncc(Br)c1)N1C[C@@H](F)C[C@H]1CO. The fourth-order valence-corrected chi connectivity index (χ4v) is 2.34. The van der Waals surface area contributed by atoms with Crippen LogP contribution >= 0.6 is 15.9 Å². The first kappa shape index (κ1) is 12.4. The van der Waals surface area contributed by atoms with Gasteiger partial charge < -0.3 is 10.0 Å². The van der Waals surface area contributed by atoms with Crippen molar-refractivity contribution in [2.45, 2.75) is 18.6 Å². The van der Waals surface area contributed by atoms with Crippen LogP contribution in [0.3, 0.4) is 0 Å². The van der Waals surface area contributed by atoms with E-state index in [0.29, 0.717) is 10.0 Å². The van der Waals surface area contributed by atoms with Gasteiger partial charge in [-0.15, -0.1) is 0 Å². The van der Waals surface area contributed by atoms with Crippen molar-refractivity contribution in [3.63, 3.8) is 0 Å². The molecule has 1 aromatic heterocycles. The molecule has 6 heteroatoms. The number of nitrogens with zero attached hydrogens (tertiary/aromatic N) is 2. The van der Waals surface area contributed by atoms with Crippen LogP contribution in [0.15, 0.2) is 22.9 Å². The number of hydrogen-bond donors (Lipinski definition) is 1. The Kier molecular flexibility index (Phi) is 3.73. The number of halogens is 2. The van der Waals surface area contributed by atoms with E-state index in [1.54, 1.807) is 12.3 Å². The molecule has 4 nitrogen and oxygen atoms in total. The van der Waals surface area contributed by atoms with Crippen LogP contribution in [0.25, 0.3) is 0 Å². The molecule has 2 atom stereocenters. The number of likely N-dealkylation sites (tertiary alicyclic amines) is 1. The summed E-state index contributed by atoms with van der Waals surface area (Å²) >= 11 is 3.23. The Morgan fingerprint density at radius 1 is 1.65 bits per heavy atom. The van der Waals surface area contributed by atoms with Gasteiger partial charge in [0.05, 0.1) is 24.8 Å². The second-order valence-electron chi connectivity index (χ2n) is 4.02. The van der Waals surface area contributed by atoms with Gasteiger partial charge in [-0.25, -0.2) is 4.39 Å². The maximum absolute atomic E-state index is 13.2. The normalized spacial score (nSPS) is 24.1. The summed E-state index contributed by atoms with van der Waals surface area (Å²) in [6.07, 6.45) is 2.15. The molecular formula is C11H12BrFN2O2. The zero-order valence-electron chi connectivity index (χ0n) is 9.01. The molecule has 0 bridgehead atoms. The minimum atomic E-state index is -1.06. The Morgan fingerprint density at radius 3 is 3.06 bits per heavy atom. The number of rotatable bonds is 2. The molecule has 0 aliphatic carbocycles. The minimum Gasteiger partial charge on any atom is -0.394 e. The first-order valence-corrected chi connectivity index (χ1v) is 6.07. The standard InChI is InChI=1S/C11H12BrFN2O2/c12-8-1-7(3-14-4-8)11(17)15-5-9(13)2-10(15)6-16/h1,3-4,9-10,16H,2,5-6H2/t9-,10-/m0/s1. The molecule has 1 saturated heterocycles. The molecular weight excluding hydrogens is 291 g/mol. The maximum Gasteiger partial charge on any atom is 0.255 e. The maximum atomic E-state index is 13.2. The van der Waals surface area contributed by atoms with Gasteiger partial charge >= 0.3 is 0 Å². The van der Waals surface area contributed by atoms with Crippen molar-refractivity contribution in [1.82, 2.24) is 9.88 Å². The Labute approximate surface area is 107 Å². The zero-order chi connectivity index (χ0) is 12.4.